The molecule has 1 atom stereocenters. The SMILES string of the molecule is Cc1ccc([C@@H](N)C2CCCC2)o1.Cl. The molecule has 2 rings (SSSR count). The summed E-state index contributed by atoms with van der Waals surface area (Å²) in [6.07, 6.45) is 5.19. The Balaban J connectivity index is 0.000000980. The molecule has 1 aromatic rings. The molecule has 1 fully saturated rings. The molecule has 1 heterocycles. The maximum Gasteiger partial charge on any atom is 0.121 e. The molecule has 80 valence electrons. The number of rotatable bonds is 2. The fourth-order valence-electron chi connectivity index (χ4n) is 2.18. The molecular weight excluding hydrogens is 198 g/mol. The minimum atomic E-state index is 0. The Morgan fingerprint density at radius 3 is 2.50 bits per heavy atom. The predicted octanol–water partition coefficient (Wildman–Crippen LogP) is 3.20. The van der Waals surface area contributed by atoms with Crippen molar-refractivity contribution in [2.45, 2.75) is 38.6 Å². The van der Waals surface area contributed by atoms with Crippen molar-refractivity contribution in [3.05, 3.63) is 23.7 Å². The van der Waals surface area contributed by atoms with Gasteiger partial charge < -0.3 is 10.2 Å². The highest BCUT2D eigenvalue weighted by Gasteiger charge is 2.24. The van der Waals surface area contributed by atoms with E-state index in [1.807, 2.05) is 19.1 Å². The van der Waals surface area contributed by atoms with Gasteiger partial charge in [-0.3, -0.25) is 0 Å². The third-order valence-electron chi connectivity index (χ3n) is 3.00. The molecule has 0 aromatic carbocycles. The van der Waals surface area contributed by atoms with Gasteiger partial charge in [0.2, 0.25) is 0 Å². The van der Waals surface area contributed by atoms with Crippen molar-refractivity contribution in [2.24, 2.45) is 11.7 Å². The highest BCUT2D eigenvalue weighted by atomic mass is 35.5. The Morgan fingerprint density at radius 1 is 1.36 bits per heavy atom. The Labute approximate surface area is 91.3 Å². The molecule has 0 radical (unpaired) electrons. The smallest absolute Gasteiger partial charge is 0.121 e. The van der Waals surface area contributed by atoms with E-state index in [9.17, 15) is 0 Å². The fourth-order valence-corrected chi connectivity index (χ4v) is 2.18. The van der Waals surface area contributed by atoms with E-state index >= 15 is 0 Å². The third kappa shape index (κ3) is 2.31. The van der Waals surface area contributed by atoms with Crippen LogP contribution in [-0.2, 0) is 0 Å². The van der Waals surface area contributed by atoms with Crippen LogP contribution in [0.25, 0.3) is 0 Å². The number of nitrogens with two attached hydrogens (primary N) is 1. The second-order valence-electron chi connectivity index (χ2n) is 4.02. The summed E-state index contributed by atoms with van der Waals surface area (Å²) < 4.78 is 5.53. The van der Waals surface area contributed by atoms with E-state index in [0.29, 0.717) is 5.92 Å². The van der Waals surface area contributed by atoms with Crippen molar-refractivity contribution >= 4 is 12.4 Å². The minimum Gasteiger partial charge on any atom is -0.465 e. The summed E-state index contributed by atoms with van der Waals surface area (Å²) in [4.78, 5) is 0. The summed E-state index contributed by atoms with van der Waals surface area (Å²) in [5.74, 6) is 2.57. The molecular formula is C11H18ClNO. The number of halogens is 1. The number of aryl methyl sites for hydroxylation is 1. The molecule has 0 amide bonds. The lowest BCUT2D eigenvalue weighted by atomic mass is 9.97. The summed E-state index contributed by atoms with van der Waals surface area (Å²) in [5, 5.41) is 0. The summed E-state index contributed by atoms with van der Waals surface area (Å²) in [6.45, 7) is 1.96. The van der Waals surface area contributed by atoms with Gasteiger partial charge in [-0.25, -0.2) is 0 Å². The van der Waals surface area contributed by atoms with Gasteiger partial charge in [-0.2, -0.15) is 0 Å². The van der Waals surface area contributed by atoms with E-state index in [0.717, 1.165) is 11.5 Å². The van der Waals surface area contributed by atoms with Crippen LogP contribution in [-0.4, -0.2) is 0 Å². The van der Waals surface area contributed by atoms with Gasteiger partial charge in [-0.1, -0.05) is 12.8 Å². The molecule has 1 aliphatic carbocycles. The molecule has 2 nitrogen and oxygen atoms in total. The number of hydrogen-bond donors (Lipinski definition) is 1. The van der Waals surface area contributed by atoms with Crippen LogP contribution in [0.2, 0.25) is 0 Å². The Kier molecular flexibility index (Phi) is 4.02. The van der Waals surface area contributed by atoms with Crippen molar-refractivity contribution in [3.63, 3.8) is 0 Å². The first kappa shape index (κ1) is 11.6. The van der Waals surface area contributed by atoms with E-state index < -0.39 is 0 Å². The second kappa shape index (κ2) is 4.85. The molecule has 14 heavy (non-hydrogen) atoms. The quantitative estimate of drug-likeness (QED) is 0.823. The van der Waals surface area contributed by atoms with Crippen molar-refractivity contribution in [3.8, 4) is 0 Å². The zero-order valence-electron chi connectivity index (χ0n) is 8.53. The normalized spacial score (nSPS) is 19.3. The van der Waals surface area contributed by atoms with E-state index in [2.05, 4.69) is 0 Å². The van der Waals surface area contributed by atoms with Crippen LogP contribution in [0.3, 0.4) is 0 Å². The molecule has 0 saturated heterocycles. The van der Waals surface area contributed by atoms with Gasteiger partial charge in [0.05, 0.1) is 6.04 Å². The standard InChI is InChI=1S/C11H17NO.ClH/c1-8-6-7-10(13-8)11(12)9-4-2-3-5-9;/h6-7,9,11H,2-5,12H2,1H3;1H/t11-;/m0./s1. The van der Waals surface area contributed by atoms with Crippen molar-refractivity contribution in [1.82, 2.24) is 0 Å². The first-order chi connectivity index (χ1) is 6.27. The maximum absolute atomic E-state index is 6.12. The van der Waals surface area contributed by atoms with Gasteiger partial charge in [0.15, 0.2) is 0 Å². The fraction of sp³-hybridized carbons (Fsp3) is 0.636. The zero-order valence-corrected chi connectivity index (χ0v) is 9.35. The maximum atomic E-state index is 6.12. The van der Waals surface area contributed by atoms with Gasteiger partial charge in [0.1, 0.15) is 11.5 Å². The van der Waals surface area contributed by atoms with E-state index in [1.54, 1.807) is 0 Å². The monoisotopic (exact) mass is 215 g/mol. The van der Waals surface area contributed by atoms with Crippen LogP contribution in [0, 0.1) is 12.8 Å². The summed E-state index contributed by atoms with van der Waals surface area (Å²) in [6, 6.07) is 4.12. The second-order valence-corrected chi connectivity index (χ2v) is 4.02. The molecule has 0 aliphatic heterocycles. The average Bonchev–Trinajstić information content (AvgIpc) is 2.72. The first-order valence-corrected chi connectivity index (χ1v) is 5.09. The molecule has 1 aromatic heterocycles. The molecule has 0 unspecified atom stereocenters. The van der Waals surface area contributed by atoms with Gasteiger partial charge >= 0.3 is 0 Å². The number of hydrogen-bond acceptors (Lipinski definition) is 2. The van der Waals surface area contributed by atoms with Crippen LogP contribution in [0.5, 0.6) is 0 Å². The third-order valence-corrected chi connectivity index (χ3v) is 3.00. The van der Waals surface area contributed by atoms with Gasteiger partial charge in [0.25, 0.3) is 0 Å². The molecule has 1 aliphatic rings. The van der Waals surface area contributed by atoms with Gasteiger partial charge in [0, 0.05) is 0 Å². The molecule has 1 saturated carbocycles. The lowest BCUT2D eigenvalue weighted by Gasteiger charge is -2.15. The van der Waals surface area contributed by atoms with Crippen molar-refractivity contribution in [1.29, 1.82) is 0 Å². The van der Waals surface area contributed by atoms with Crippen molar-refractivity contribution in [2.75, 3.05) is 0 Å². The summed E-state index contributed by atoms with van der Waals surface area (Å²) in [5.41, 5.74) is 6.12. The lowest BCUT2D eigenvalue weighted by Crippen LogP contribution is -2.18. The van der Waals surface area contributed by atoms with Gasteiger partial charge in [-0.15, -0.1) is 12.4 Å². The summed E-state index contributed by atoms with van der Waals surface area (Å²) in [7, 11) is 0. The van der Waals surface area contributed by atoms with Crippen LogP contribution >= 0.6 is 12.4 Å². The van der Waals surface area contributed by atoms with Crippen LogP contribution in [0.4, 0.5) is 0 Å². The Hall–Kier alpha value is -0.470. The molecule has 0 spiro atoms. The largest absolute Gasteiger partial charge is 0.465 e. The van der Waals surface area contributed by atoms with E-state index in [4.69, 9.17) is 10.2 Å². The lowest BCUT2D eigenvalue weighted by molar-refractivity contribution is 0.361. The van der Waals surface area contributed by atoms with Crippen LogP contribution in [0.15, 0.2) is 16.5 Å². The Morgan fingerprint density at radius 2 is 2.00 bits per heavy atom. The zero-order chi connectivity index (χ0) is 9.26. The van der Waals surface area contributed by atoms with Crippen LogP contribution in [0.1, 0.15) is 43.2 Å². The molecule has 3 heteroatoms. The van der Waals surface area contributed by atoms with Gasteiger partial charge in [-0.05, 0) is 37.8 Å². The van der Waals surface area contributed by atoms with E-state index in [1.165, 1.54) is 25.7 Å². The highest BCUT2D eigenvalue weighted by molar-refractivity contribution is 5.85. The topological polar surface area (TPSA) is 39.2 Å². The van der Waals surface area contributed by atoms with Crippen LogP contribution < -0.4 is 5.73 Å². The highest BCUT2D eigenvalue weighted by Crippen LogP contribution is 2.34. The predicted molar refractivity (Wildman–Crippen MR) is 59.6 cm³/mol. The van der Waals surface area contributed by atoms with E-state index in [-0.39, 0.29) is 18.4 Å². The number of furan rings is 1. The molecule has 2 N–H and O–H groups in total. The summed E-state index contributed by atoms with van der Waals surface area (Å²) >= 11 is 0. The van der Waals surface area contributed by atoms with Crippen molar-refractivity contribution < 1.29 is 4.42 Å². The first-order valence-electron chi connectivity index (χ1n) is 5.09. The Bertz CT molecular complexity index is 279. The minimum absolute atomic E-state index is 0. The molecule has 0 bridgehead atoms. The average molecular weight is 216 g/mol.